The number of thiophene rings is 1. The Balaban J connectivity index is 1.65. The van der Waals surface area contributed by atoms with Crippen molar-refractivity contribution in [2.75, 3.05) is 17.1 Å². The number of hydrogen-bond donors (Lipinski definition) is 2. The lowest BCUT2D eigenvalue weighted by molar-refractivity contribution is -0.143. The van der Waals surface area contributed by atoms with Gasteiger partial charge in [0, 0.05) is 11.1 Å². The van der Waals surface area contributed by atoms with Gasteiger partial charge in [0.1, 0.15) is 9.25 Å². The number of carbonyl (C=O) groups is 1. The molecule has 7 nitrogen and oxygen atoms in total. The molecule has 0 fully saturated rings. The number of aromatic nitrogens is 1. The van der Waals surface area contributed by atoms with Crippen LogP contribution < -0.4 is 4.72 Å². The molecule has 1 aliphatic rings. The fourth-order valence-electron chi connectivity index (χ4n) is 2.85. The fourth-order valence-corrected chi connectivity index (χ4v) is 5.91. The second-order valence-electron chi connectivity index (χ2n) is 6.00. The summed E-state index contributed by atoms with van der Waals surface area (Å²) in [5.74, 6) is 0.201. The maximum atomic E-state index is 12.6. The minimum Gasteiger partial charge on any atom is -0.464 e. The van der Waals surface area contributed by atoms with Crippen molar-refractivity contribution >= 4 is 60.7 Å². The predicted octanol–water partition coefficient (Wildman–Crippen LogP) is 3.46. The number of aliphatic imine (C=N–C) groups is 1. The molecule has 0 radical (unpaired) electrons. The van der Waals surface area contributed by atoms with Crippen LogP contribution in [0.2, 0.25) is 0 Å². The average Bonchev–Trinajstić information content (AvgIpc) is 3.40. The molecule has 10 heteroatoms. The Morgan fingerprint density at radius 3 is 2.96 bits per heavy atom. The number of rotatable bonds is 6. The molecule has 0 amide bonds. The third-order valence-corrected chi connectivity index (χ3v) is 7.94. The summed E-state index contributed by atoms with van der Waals surface area (Å²) in [6, 6.07) is 10.0. The molecule has 1 unspecified atom stereocenters. The van der Waals surface area contributed by atoms with Gasteiger partial charge >= 0.3 is 5.97 Å². The number of esters is 1. The molecular weight excluding hydrogens is 418 g/mol. The van der Waals surface area contributed by atoms with Crippen molar-refractivity contribution in [3.05, 3.63) is 47.5 Å². The molecule has 146 valence electrons. The van der Waals surface area contributed by atoms with Crippen molar-refractivity contribution in [3.8, 4) is 0 Å². The maximum absolute atomic E-state index is 12.6. The summed E-state index contributed by atoms with van der Waals surface area (Å²) >= 11 is 2.63. The predicted molar refractivity (Wildman–Crippen MR) is 113 cm³/mol. The highest BCUT2D eigenvalue weighted by Crippen LogP contribution is 2.30. The Hall–Kier alpha value is -2.30. The Bertz CT molecular complexity index is 1150. The van der Waals surface area contributed by atoms with Gasteiger partial charge in [0.05, 0.1) is 23.5 Å². The molecule has 0 spiro atoms. The molecule has 1 atom stereocenters. The minimum atomic E-state index is -3.65. The van der Waals surface area contributed by atoms with Crippen molar-refractivity contribution in [1.29, 1.82) is 0 Å². The van der Waals surface area contributed by atoms with E-state index in [2.05, 4.69) is 14.7 Å². The third kappa shape index (κ3) is 3.67. The Morgan fingerprint density at radius 2 is 2.21 bits per heavy atom. The summed E-state index contributed by atoms with van der Waals surface area (Å²) in [5, 5.41) is 3.28. The minimum absolute atomic E-state index is 0.254. The number of sulfonamides is 1. The van der Waals surface area contributed by atoms with E-state index >= 15 is 0 Å². The first-order chi connectivity index (χ1) is 13.5. The molecule has 2 aromatic heterocycles. The molecule has 28 heavy (non-hydrogen) atoms. The molecule has 0 saturated heterocycles. The van der Waals surface area contributed by atoms with E-state index in [1.807, 2.05) is 12.1 Å². The summed E-state index contributed by atoms with van der Waals surface area (Å²) in [6.07, 6.45) is 0. The number of nitrogens with one attached hydrogen (secondary N) is 2. The molecule has 1 aromatic carbocycles. The van der Waals surface area contributed by atoms with E-state index < -0.39 is 16.1 Å². The van der Waals surface area contributed by atoms with Crippen molar-refractivity contribution in [1.82, 2.24) is 4.98 Å². The summed E-state index contributed by atoms with van der Waals surface area (Å²) in [4.78, 5) is 19.6. The topological polar surface area (TPSA) is 101 Å². The lowest BCUT2D eigenvalue weighted by Crippen LogP contribution is -2.21. The van der Waals surface area contributed by atoms with E-state index in [1.54, 1.807) is 36.6 Å². The number of ether oxygens (including phenoxy) is 1. The zero-order valence-electron chi connectivity index (χ0n) is 14.8. The number of fused-ring (bicyclic) bond motifs is 1. The van der Waals surface area contributed by atoms with E-state index in [4.69, 9.17) is 4.74 Å². The molecule has 0 saturated carbocycles. The van der Waals surface area contributed by atoms with Crippen LogP contribution in [0.5, 0.6) is 0 Å². The van der Waals surface area contributed by atoms with Gasteiger partial charge in [0.15, 0.2) is 6.04 Å². The number of nitrogens with zero attached hydrogens (tertiary/aromatic N) is 1. The highest BCUT2D eigenvalue weighted by molar-refractivity contribution is 8.14. The fraction of sp³-hybridized carbons (Fsp3) is 0.222. The van der Waals surface area contributed by atoms with E-state index in [0.29, 0.717) is 28.6 Å². The molecule has 0 aliphatic carbocycles. The van der Waals surface area contributed by atoms with Crippen LogP contribution >= 0.6 is 23.1 Å². The first kappa shape index (κ1) is 19.0. The molecule has 4 rings (SSSR count). The number of carbonyl (C=O) groups excluding carboxylic acids is 1. The van der Waals surface area contributed by atoms with E-state index in [1.165, 1.54) is 11.8 Å². The lowest BCUT2D eigenvalue weighted by atomic mass is 10.2. The Morgan fingerprint density at radius 1 is 1.36 bits per heavy atom. The number of aromatic amines is 1. The molecular formula is C18H17N3O4S3. The second-order valence-corrected chi connectivity index (χ2v) is 9.87. The Labute approximate surface area is 170 Å². The van der Waals surface area contributed by atoms with Crippen LogP contribution in [0.1, 0.15) is 12.6 Å². The quantitative estimate of drug-likeness (QED) is 0.578. The molecule has 3 heterocycles. The van der Waals surface area contributed by atoms with Gasteiger partial charge in [-0.2, -0.15) is 0 Å². The first-order valence-electron chi connectivity index (χ1n) is 8.53. The average molecular weight is 436 g/mol. The van der Waals surface area contributed by atoms with Crippen LogP contribution in [0.25, 0.3) is 10.9 Å². The number of H-pyrrole nitrogens is 1. The molecule has 0 bridgehead atoms. The number of thioether (sulfide) groups is 1. The normalized spacial score (nSPS) is 16.9. The van der Waals surface area contributed by atoms with Crippen molar-refractivity contribution in [2.45, 2.75) is 17.2 Å². The molecule has 1 aliphatic heterocycles. The van der Waals surface area contributed by atoms with Gasteiger partial charge in [0.25, 0.3) is 10.0 Å². The number of benzene rings is 1. The van der Waals surface area contributed by atoms with Crippen molar-refractivity contribution < 1.29 is 17.9 Å². The monoisotopic (exact) mass is 435 g/mol. The summed E-state index contributed by atoms with van der Waals surface area (Å²) < 4.78 is 33.0. The van der Waals surface area contributed by atoms with Gasteiger partial charge in [0.2, 0.25) is 0 Å². The smallest absolute Gasteiger partial charge is 0.331 e. The third-order valence-electron chi connectivity index (χ3n) is 4.10. The molecule has 3 aromatic rings. The summed E-state index contributed by atoms with van der Waals surface area (Å²) in [5.41, 5.74) is 1.87. The van der Waals surface area contributed by atoms with Crippen LogP contribution in [0.3, 0.4) is 0 Å². The van der Waals surface area contributed by atoms with Crippen molar-refractivity contribution in [2.24, 2.45) is 4.99 Å². The second kappa shape index (κ2) is 7.61. The SMILES string of the molecule is CCOC(=O)C1CSC(c2cc3cccc(NS(=O)(=O)c4cccs4)c3[nH]2)=N1. The summed E-state index contributed by atoms with van der Waals surface area (Å²) in [7, 11) is -3.65. The van der Waals surface area contributed by atoms with Gasteiger partial charge in [-0.1, -0.05) is 18.2 Å². The van der Waals surface area contributed by atoms with E-state index in [-0.39, 0.29) is 10.2 Å². The first-order valence-corrected chi connectivity index (χ1v) is 11.9. The van der Waals surface area contributed by atoms with Crippen LogP contribution in [-0.2, 0) is 19.6 Å². The summed E-state index contributed by atoms with van der Waals surface area (Å²) in [6.45, 7) is 2.09. The van der Waals surface area contributed by atoms with Gasteiger partial charge in [-0.05, 0) is 30.5 Å². The lowest BCUT2D eigenvalue weighted by Gasteiger charge is -2.07. The van der Waals surface area contributed by atoms with E-state index in [0.717, 1.165) is 22.4 Å². The van der Waals surface area contributed by atoms with E-state index in [9.17, 15) is 13.2 Å². The van der Waals surface area contributed by atoms with Crippen LogP contribution in [-0.4, -0.2) is 42.8 Å². The zero-order valence-corrected chi connectivity index (χ0v) is 17.3. The van der Waals surface area contributed by atoms with Crippen LogP contribution in [0.15, 0.2) is 51.0 Å². The molecule has 2 N–H and O–H groups in total. The van der Waals surface area contributed by atoms with Crippen molar-refractivity contribution in [3.63, 3.8) is 0 Å². The standard InChI is InChI=1S/C18H17N3O4S3/c1-2-25-18(22)14-10-27-17(20-14)13-9-11-5-3-6-12(16(11)19-13)21-28(23,24)15-7-4-8-26-15/h3-9,14,19,21H,2,10H2,1H3. The largest absolute Gasteiger partial charge is 0.464 e. The number of hydrogen-bond acceptors (Lipinski definition) is 7. The van der Waals surface area contributed by atoms with Crippen LogP contribution in [0, 0.1) is 0 Å². The highest BCUT2D eigenvalue weighted by atomic mass is 32.2. The zero-order chi connectivity index (χ0) is 19.7. The van der Waals surface area contributed by atoms with Gasteiger partial charge in [-0.15, -0.1) is 23.1 Å². The maximum Gasteiger partial charge on any atom is 0.331 e. The van der Waals surface area contributed by atoms with Gasteiger partial charge < -0.3 is 9.72 Å². The van der Waals surface area contributed by atoms with Gasteiger partial charge in [-0.25, -0.2) is 13.2 Å². The number of anilines is 1. The number of para-hydroxylation sites is 1. The Kier molecular flexibility index (Phi) is 5.17. The van der Waals surface area contributed by atoms with Crippen LogP contribution in [0.4, 0.5) is 5.69 Å². The van der Waals surface area contributed by atoms with Gasteiger partial charge in [-0.3, -0.25) is 9.71 Å². The highest BCUT2D eigenvalue weighted by Gasteiger charge is 2.28.